The summed E-state index contributed by atoms with van der Waals surface area (Å²) in [6.07, 6.45) is 1.19. The van der Waals surface area contributed by atoms with Crippen LogP contribution in [0.15, 0.2) is 27.6 Å². The number of aliphatic hydroxyl groups excluding tert-OH is 1. The van der Waals surface area contributed by atoms with E-state index in [2.05, 4.69) is 15.9 Å². The lowest BCUT2D eigenvalue weighted by Gasteiger charge is -2.16. The van der Waals surface area contributed by atoms with E-state index >= 15 is 0 Å². The number of benzene rings is 1. The molecule has 0 saturated carbocycles. The van der Waals surface area contributed by atoms with Crippen molar-refractivity contribution in [2.45, 2.75) is 17.7 Å². The summed E-state index contributed by atoms with van der Waals surface area (Å²) in [6.45, 7) is 0.610. The van der Waals surface area contributed by atoms with Crippen LogP contribution in [0.1, 0.15) is 12.8 Å². The van der Waals surface area contributed by atoms with Gasteiger partial charge in [0.25, 0.3) is 5.69 Å². The van der Waals surface area contributed by atoms with Crippen LogP contribution in [0.2, 0.25) is 0 Å². The minimum atomic E-state index is -3.91. The van der Waals surface area contributed by atoms with Gasteiger partial charge in [-0.3, -0.25) is 10.1 Å². The van der Waals surface area contributed by atoms with Crippen molar-refractivity contribution in [1.82, 2.24) is 4.31 Å². The second-order valence-electron chi connectivity index (χ2n) is 4.90. The molecule has 0 amide bonds. The van der Waals surface area contributed by atoms with Crippen LogP contribution in [-0.4, -0.2) is 42.4 Å². The molecule has 0 spiro atoms. The Morgan fingerprint density at radius 2 is 2.19 bits per heavy atom. The van der Waals surface area contributed by atoms with Gasteiger partial charge in [-0.15, -0.1) is 0 Å². The number of hydrogen-bond acceptors (Lipinski definition) is 5. The third-order valence-corrected chi connectivity index (χ3v) is 5.91. The average molecular weight is 379 g/mol. The average Bonchev–Trinajstić information content (AvgIpc) is 2.88. The Kier molecular flexibility index (Phi) is 4.97. The molecule has 1 atom stereocenters. The molecule has 1 aromatic carbocycles. The zero-order valence-corrected chi connectivity index (χ0v) is 13.5. The SMILES string of the molecule is O=[N+]([O-])c1ccc(Br)cc1S(=O)(=O)N1CCC(CCO)C1. The first-order chi connectivity index (χ1) is 9.86. The summed E-state index contributed by atoms with van der Waals surface area (Å²) in [6, 6.07) is 3.88. The lowest BCUT2D eigenvalue weighted by molar-refractivity contribution is -0.387. The molecule has 1 aromatic rings. The summed E-state index contributed by atoms with van der Waals surface area (Å²) in [5.74, 6) is 0.0935. The van der Waals surface area contributed by atoms with Gasteiger partial charge in [0.2, 0.25) is 10.0 Å². The molecule has 116 valence electrons. The highest BCUT2D eigenvalue weighted by Gasteiger charge is 2.36. The molecule has 1 N–H and O–H groups in total. The fourth-order valence-electron chi connectivity index (χ4n) is 2.42. The number of nitro benzene ring substituents is 1. The van der Waals surface area contributed by atoms with Gasteiger partial charge in [-0.05, 0) is 30.9 Å². The molecule has 1 aliphatic rings. The number of nitrogens with zero attached hydrogens (tertiary/aromatic N) is 2. The van der Waals surface area contributed by atoms with Gasteiger partial charge in [-0.1, -0.05) is 15.9 Å². The molecule has 9 heteroatoms. The van der Waals surface area contributed by atoms with Crippen LogP contribution < -0.4 is 0 Å². The van der Waals surface area contributed by atoms with Gasteiger partial charge >= 0.3 is 0 Å². The zero-order chi connectivity index (χ0) is 15.6. The Hall–Kier alpha value is -1.03. The predicted octanol–water partition coefficient (Wildman–Crippen LogP) is 1.75. The van der Waals surface area contributed by atoms with Crippen LogP contribution in [-0.2, 0) is 10.0 Å². The van der Waals surface area contributed by atoms with Crippen molar-refractivity contribution in [2.75, 3.05) is 19.7 Å². The Morgan fingerprint density at radius 1 is 1.48 bits per heavy atom. The van der Waals surface area contributed by atoms with Gasteiger partial charge in [0.05, 0.1) is 4.92 Å². The largest absolute Gasteiger partial charge is 0.396 e. The van der Waals surface area contributed by atoms with Gasteiger partial charge in [-0.25, -0.2) is 8.42 Å². The van der Waals surface area contributed by atoms with Gasteiger partial charge in [0.15, 0.2) is 4.90 Å². The molecule has 1 unspecified atom stereocenters. The molecule has 0 aliphatic carbocycles. The first kappa shape index (κ1) is 16.3. The van der Waals surface area contributed by atoms with Crippen molar-refractivity contribution in [2.24, 2.45) is 5.92 Å². The van der Waals surface area contributed by atoms with E-state index in [-0.39, 0.29) is 24.0 Å². The first-order valence-electron chi connectivity index (χ1n) is 6.41. The van der Waals surface area contributed by atoms with Gasteiger partial charge in [0, 0.05) is 30.2 Å². The second-order valence-corrected chi connectivity index (χ2v) is 7.72. The maximum Gasteiger partial charge on any atom is 0.289 e. The summed E-state index contributed by atoms with van der Waals surface area (Å²) < 4.78 is 26.9. The number of sulfonamides is 1. The summed E-state index contributed by atoms with van der Waals surface area (Å²) in [4.78, 5) is 10.0. The quantitative estimate of drug-likeness (QED) is 0.621. The van der Waals surface area contributed by atoms with Crippen molar-refractivity contribution < 1.29 is 18.4 Å². The molecule has 1 heterocycles. The van der Waals surface area contributed by atoms with Gasteiger partial charge < -0.3 is 5.11 Å². The maximum atomic E-state index is 12.6. The van der Waals surface area contributed by atoms with Gasteiger partial charge in [-0.2, -0.15) is 4.31 Å². The molecule has 21 heavy (non-hydrogen) atoms. The fraction of sp³-hybridized carbons (Fsp3) is 0.500. The Labute approximate surface area is 130 Å². The van der Waals surface area contributed by atoms with Crippen LogP contribution in [0.5, 0.6) is 0 Å². The second kappa shape index (κ2) is 6.39. The predicted molar refractivity (Wildman–Crippen MR) is 79.4 cm³/mol. The molecule has 0 radical (unpaired) electrons. The van der Waals surface area contributed by atoms with E-state index in [0.29, 0.717) is 23.9 Å². The highest BCUT2D eigenvalue weighted by Crippen LogP contribution is 2.32. The Balaban J connectivity index is 2.36. The molecule has 1 aliphatic heterocycles. The molecule has 2 rings (SSSR count). The molecule has 1 saturated heterocycles. The Morgan fingerprint density at radius 3 is 2.81 bits per heavy atom. The standard InChI is InChI=1S/C12H15BrN2O5S/c13-10-1-2-11(15(17)18)12(7-10)21(19,20)14-5-3-9(8-14)4-6-16/h1-2,7,9,16H,3-6,8H2. The van der Waals surface area contributed by atoms with E-state index in [9.17, 15) is 18.5 Å². The van der Waals surface area contributed by atoms with E-state index in [0.717, 1.165) is 0 Å². The molecular weight excluding hydrogens is 364 g/mol. The van der Waals surface area contributed by atoms with Crippen LogP contribution in [0.25, 0.3) is 0 Å². The van der Waals surface area contributed by atoms with Crippen LogP contribution in [0.3, 0.4) is 0 Å². The van der Waals surface area contributed by atoms with Crippen LogP contribution in [0.4, 0.5) is 5.69 Å². The highest BCUT2D eigenvalue weighted by molar-refractivity contribution is 9.10. The third-order valence-electron chi connectivity index (χ3n) is 3.52. The van der Waals surface area contributed by atoms with Crippen molar-refractivity contribution >= 4 is 31.6 Å². The summed E-state index contributed by atoms with van der Waals surface area (Å²) >= 11 is 3.14. The first-order valence-corrected chi connectivity index (χ1v) is 8.64. The van der Waals surface area contributed by atoms with Crippen molar-refractivity contribution in [3.05, 3.63) is 32.8 Å². The summed E-state index contributed by atoms with van der Waals surface area (Å²) in [7, 11) is -3.91. The number of rotatable bonds is 5. The summed E-state index contributed by atoms with van der Waals surface area (Å²) in [5.41, 5.74) is -0.427. The minimum absolute atomic E-state index is 0.00951. The molecule has 7 nitrogen and oxygen atoms in total. The van der Waals surface area contributed by atoms with E-state index in [1.54, 1.807) is 0 Å². The van der Waals surface area contributed by atoms with Crippen LogP contribution >= 0.6 is 15.9 Å². The lowest BCUT2D eigenvalue weighted by atomic mass is 10.1. The van der Waals surface area contributed by atoms with E-state index < -0.39 is 20.6 Å². The maximum absolute atomic E-state index is 12.6. The third kappa shape index (κ3) is 3.42. The van der Waals surface area contributed by atoms with Crippen molar-refractivity contribution in [1.29, 1.82) is 0 Å². The Bertz CT molecular complexity index is 649. The van der Waals surface area contributed by atoms with Crippen molar-refractivity contribution in [3.63, 3.8) is 0 Å². The minimum Gasteiger partial charge on any atom is -0.396 e. The normalized spacial score (nSPS) is 19.8. The molecule has 1 fully saturated rings. The van der Waals surface area contributed by atoms with E-state index in [1.165, 1.54) is 22.5 Å². The van der Waals surface area contributed by atoms with Crippen LogP contribution in [0, 0.1) is 16.0 Å². The smallest absolute Gasteiger partial charge is 0.289 e. The fourth-order valence-corrected chi connectivity index (χ4v) is 4.64. The number of aliphatic hydroxyl groups is 1. The topological polar surface area (TPSA) is 101 Å². The summed E-state index contributed by atoms with van der Waals surface area (Å²) in [5, 5.41) is 20.0. The van der Waals surface area contributed by atoms with Gasteiger partial charge in [0.1, 0.15) is 0 Å². The molecule has 0 aromatic heterocycles. The number of hydrogen-bond donors (Lipinski definition) is 1. The molecular formula is C12H15BrN2O5S. The van der Waals surface area contributed by atoms with Crippen molar-refractivity contribution in [3.8, 4) is 0 Å². The number of halogens is 1. The highest BCUT2D eigenvalue weighted by atomic mass is 79.9. The number of nitro groups is 1. The monoisotopic (exact) mass is 378 g/mol. The zero-order valence-electron chi connectivity index (χ0n) is 11.1. The van der Waals surface area contributed by atoms with E-state index in [4.69, 9.17) is 5.11 Å². The lowest BCUT2D eigenvalue weighted by Crippen LogP contribution is -2.29. The molecule has 0 bridgehead atoms. The van der Waals surface area contributed by atoms with E-state index in [1.807, 2.05) is 0 Å².